The first-order chi connectivity index (χ1) is 17.6. The molecule has 36 heavy (non-hydrogen) atoms. The van der Waals surface area contributed by atoms with Crippen molar-refractivity contribution in [2.24, 2.45) is 5.73 Å². The number of carboxylic acid groups (broad SMARTS) is 1. The average molecular weight is 491 g/mol. The summed E-state index contributed by atoms with van der Waals surface area (Å²) in [5, 5.41) is 15.5. The molecule has 0 aliphatic carbocycles. The molecule has 0 bridgehead atoms. The number of pyridine rings is 1. The van der Waals surface area contributed by atoms with Gasteiger partial charge < -0.3 is 26.4 Å². The molecule has 1 fully saturated rings. The maximum Gasteiger partial charge on any atom is 0.317 e. The zero-order chi connectivity index (χ0) is 25.2. The lowest BCUT2D eigenvalue weighted by Gasteiger charge is -2.33. The van der Waals surface area contributed by atoms with Crippen molar-refractivity contribution >= 4 is 23.4 Å². The Morgan fingerprint density at radius 1 is 1.06 bits per heavy atom. The minimum atomic E-state index is -0.761. The van der Waals surface area contributed by atoms with E-state index in [1.54, 1.807) is 12.4 Å². The standard InChI is InChI=1S/C26H34N8O2/c27-9-2-10-28-24-6-5-21(18-30-24)23-7-11-29-26(32-23)31-22-4-1-3-20(17-22)8-12-33-13-15-34(16-14-33)19-25(35)36/h1,3-7,11,17-18H,2,8-10,12-16,19,27H2,(H,28,30)(H,35,36)(H,29,31,32). The number of nitrogens with zero attached hydrogens (tertiary/aromatic N) is 5. The van der Waals surface area contributed by atoms with E-state index in [2.05, 4.69) is 42.6 Å². The van der Waals surface area contributed by atoms with Crippen LogP contribution in [0, 0.1) is 0 Å². The van der Waals surface area contributed by atoms with Crippen molar-refractivity contribution < 1.29 is 9.90 Å². The van der Waals surface area contributed by atoms with E-state index < -0.39 is 5.97 Å². The van der Waals surface area contributed by atoms with Crippen LogP contribution in [0.1, 0.15) is 12.0 Å². The smallest absolute Gasteiger partial charge is 0.317 e. The first kappa shape index (κ1) is 25.5. The van der Waals surface area contributed by atoms with Gasteiger partial charge in [0.05, 0.1) is 12.2 Å². The average Bonchev–Trinajstić information content (AvgIpc) is 2.89. The molecule has 1 aliphatic rings. The molecule has 3 aromatic rings. The van der Waals surface area contributed by atoms with Gasteiger partial charge in [0.15, 0.2) is 0 Å². The van der Waals surface area contributed by atoms with Crippen molar-refractivity contribution in [2.75, 3.05) is 63.0 Å². The minimum absolute atomic E-state index is 0.124. The molecule has 5 N–H and O–H groups in total. The molecule has 0 amide bonds. The fourth-order valence-corrected chi connectivity index (χ4v) is 4.13. The maximum atomic E-state index is 10.9. The van der Waals surface area contributed by atoms with Gasteiger partial charge in [-0.15, -0.1) is 0 Å². The Bertz CT molecular complexity index is 1120. The molecular weight excluding hydrogens is 456 g/mol. The molecule has 10 nitrogen and oxygen atoms in total. The monoisotopic (exact) mass is 490 g/mol. The highest BCUT2D eigenvalue weighted by Gasteiger charge is 2.18. The molecular formula is C26H34N8O2. The number of rotatable bonds is 12. The van der Waals surface area contributed by atoms with Crippen LogP contribution in [0.25, 0.3) is 11.3 Å². The Hall–Kier alpha value is -3.60. The van der Waals surface area contributed by atoms with E-state index in [9.17, 15) is 4.79 Å². The van der Waals surface area contributed by atoms with Gasteiger partial charge in [0.1, 0.15) is 5.82 Å². The van der Waals surface area contributed by atoms with Crippen LogP contribution in [-0.2, 0) is 11.2 Å². The molecule has 0 spiro atoms. The summed E-state index contributed by atoms with van der Waals surface area (Å²) in [6.45, 7) is 5.90. The van der Waals surface area contributed by atoms with E-state index in [-0.39, 0.29) is 6.54 Å². The number of aromatic nitrogens is 3. The number of nitrogens with two attached hydrogens (primary N) is 1. The molecule has 1 aliphatic heterocycles. The second-order valence-electron chi connectivity index (χ2n) is 8.85. The van der Waals surface area contributed by atoms with Crippen LogP contribution in [0.4, 0.5) is 17.5 Å². The van der Waals surface area contributed by atoms with Gasteiger partial charge in [-0.25, -0.2) is 15.0 Å². The third-order valence-corrected chi connectivity index (χ3v) is 6.13. The number of carboxylic acids is 1. The van der Waals surface area contributed by atoms with Crippen LogP contribution in [-0.4, -0.2) is 88.2 Å². The van der Waals surface area contributed by atoms with Crippen LogP contribution in [0.5, 0.6) is 0 Å². The van der Waals surface area contributed by atoms with Crippen LogP contribution in [0.2, 0.25) is 0 Å². The first-order valence-electron chi connectivity index (χ1n) is 12.3. The zero-order valence-electron chi connectivity index (χ0n) is 20.4. The van der Waals surface area contributed by atoms with E-state index >= 15 is 0 Å². The summed E-state index contributed by atoms with van der Waals surface area (Å²) in [4.78, 5) is 28.8. The highest BCUT2D eigenvalue weighted by Crippen LogP contribution is 2.21. The molecule has 1 saturated heterocycles. The normalized spacial score (nSPS) is 14.5. The SMILES string of the molecule is NCCCNc1ccc(-c2ccnc(Nc3cccc(CCN4CCN(CC(=O)O)CC4)c3)n2)cn1. The Morgan fingerprint density at radius 3 is 2.64 bits per heavy atom. The number of anilines is 3. The van der Waals surface area contributed by atoms with Gasteiger partial charge in [0.25, 0.3) is 0 Å². The predicted molar refractivity (Wildman–Crippen MR) is 141 cm³/mol. The fourth-order valence-electron chi connectivity index (χ4n) is 4.13. The molecule has 1 aromatic carbocycles. The summed E-state index contributed by atoms with van der Waals surface area (Å²) in [6, 6.07) is 14.1. The molecule has 190 valence electrons. The lowest BCUT2D eigenvalue weighted by atomic mass is 10.1. The Balaban J connectivity index is 1.31. The summed E-state index contributed by atoms with van der Waals surface area (Å²) < 4.78 is 0. The third kappa shape index (κ3) is 7.70. The number of hydrogen-bond acceptors (Lipinski definition) is 9. The van der Waals surface area contributed by atoms with Crippen LogP contribution in [0.3, 0.4) is 0 Å². The summed E-state index contributed by atoms with van der Waals surface area (Å²) >= 11 is 0. The van der Waals surface area contributed by atoms with Crippen LogP contribution in [0.15, 0.2) is 54.9 Å². The number of carbonyl (C=O) groups is 1. The third-order valence-electron chi connectivity index (χ3n) is 6.13. The number of piperazine rings is 1. The van der Waals surface area contributed by atoms with Gasteiger partial charge in [0, 0.05) is 62.9 Å². The molecule has 10 heteroatoms. The quantitative estimate of drug-likeness (QED) is 0.280. The zero-order valence-corrected chi connectivity index (χ0v) is 20.4. The van der Waals surface area contributed by atoms with E-state index in [0.717, 1.165) is 74.9 Å². The minimum Gasteiger partial charge on any atom is -0.480 e. The Morgan fingerprint density at radius 2 is 1.89 bits per heavy atom. The molecule has 0 radical (unpaired) electrons. The van der Waals surface area contributed by atoms with E-state index in [0.29, 0.717) is 12.5 Å². The molecule has 4 rings (SSSR count). The summed E-state index contributed by atoms with van der Waals surface area (Å²) in [6.07, 6.45) is 5.37. The summed E-state index contributed by atoms with van der Waals surface area (Å²) in [7, 11) is 0. The van der Waals surface area contributed by atoms with Crippen molar-refractivity contribution in [3.8, 4) is 11.3 Å². The van der Waals surface area contributed by atoms with Gasteiger partial charge in [0.2, 0.25) is 5.95 Å². The highest BCUT2D eigenvalue weighted by atomic mass is 16.4. The van der Waals surface area contributed by atoms with E-state index in [1.165, 1.54) is 5.56 Å². The van der Waals surface area contributed by atoms with Crippen molar-refractivity contribution in [2.45, 2.75) is 12.8 Å². The summed E-state index contributed by atoms with van der Waals surface area (Å²) in [5.41, 5.74) is 9.42. The fraction of sp³-hybridized carbons (Fsp3) is 0.385. The Labute approximate surface area is 211 Å². The van der Waals surface area contributed by atoms with E-state index in [4.69, 9.17) is 10.8 Å². The van der Waals surface area contributed by atoms with Gasteiger partial charge in [-0.05, 0) is 55.3 Å². The van der Waals surface area contributed by atoms with Gasteiger partial charge in [-0.1, -0.05) is 12.1 Å². The van der Waals surface area contributed by atoms with Crippen molar-refractivity contribution in [3.05, 3.63) is 60.4 Å². The van der Waals surface area contributed by atoms with Gasteiger partial charge in [-0.2, -0.15) is 0 Å². The largest absolute Gasteiger partial charge is 0.480 e. The van der Waals surface area contributed by atoms with Crippen LogP contribution < -0.4 is 16.4 Å². The topological polar surface area (TPSA) is 133 Å². The lowest BCUT2D eigenvalue weighted by Crippen LogP contribution is -2.48. The lowest BCUT2D eigenvalue weighted by molar-refractivity contribution is -0.138. The first-order valence-corrected chi connectivity index (χ1v) is 12.3. The number of hydrogen-bond donors (Lipinski definition) is 4. The van der Waals surface area contributed by atoms with Crippen LogP contribution >= 0.6 is 0 Å². The molecule has 3 heterocycles. The molecule has 0 atom stereocenters. The number of aliphatic carboxylic acids is 1. The molecule has 0 unspecified atom stereocenters. The van der Waals surface area contributed by atoms with Crippen molar-refractivity contribution in [1.29, 1.82) is 0 Å². The summed E-state index contributed by atoms with van der Waals surface area (Å²) in [5.74, 6) is 0.589. The van der Waals surface area contributed by atoms with Crippen molar-refractivity contribution in [1.82, 2.24) is 24.8 Å². The number of benzene rings is 1. The van der Waals surface area contributed by atoms with Gasteiger partial charge >= 0.3 is 5.97 Å². The Kier molecular flexibility index (Phi) is 9.15. The second-order valence-corrected chi connectivity index (χ2v) is 8.85. The van der Waals surface area contributed by atoms with Gasteiger partial charge in [-0.3, -0.25) is 9.69 Å². The predicted octanol–water partition coefficient (Wildman–Crippen LogP) is 2.29. The van der Waals surface area contributed by atoms with E-state index in [1.807, 2.05) is 35.2 Å². The number of nitrogens with one attached hydrogen (secondary N) is 2. The molecule has 2 aromatic heterocycles. The molecule has 0 saturated carbocycles. The second kappa shape index (κ2) is 12.9. The highest BCUT2D eigenvalue weighted by molar-refractivity contribution is 5.69. The van der Waals surface area contributed by atoms with Crippen molar-refractivity contribution in [3.63, 3.8) is 0 Å². The maximum absolute atomic E-state index is 10.9.